The zero-order valence-electron chi connectivity index (χ0n) is 17.4. The number of rotatable bonds is 10. The van der Waals surface area contributed by atoms with Crippen LogP contribution in [0.4, 0.5) is 10.5 Å². The summed E-state index contributed by atoms with van der Waals surface area (Å²) in [6, 6.07) is 7.73. The lowest BCUT2D eigenvalue weighted by molar-refractivity contribution is 0.160. The van der Waals surface area contributed by atoms with E-state index in [4.69, 9.17) is 9.47 Å². The molecule has 0 aliphatic rings. The van der Waals surface area contributed by atoms with Gasteiger partial charge >= 0.3 is 6.09 Å². The van der Waals surface area contributed by atoms with Gasteiger partial charge in [-0.1, -0.05) is 32.4 Å². The van der Waals surface area contributed by atoms with Gasteiger partial charge in [0, 0.05) is 30.2 Å². The Kier molecular flexibility index (Phi) is 8.84. The van der Waals surface area contributed by atoms with Gasteiger partial charge in [-0.15, -0.1) is 0 Å². The molecule has 29 heavy (non-hydrogen) atoms. The van der Waals surface area contributed by atoms with Crippen molar-refractivity contribution in [1.82, 2.24) is 4.57 Å². The first-order valence-electron chi connectivity index (χ1n) is 9.97. The average molecular weight is 396 g/mol. The van der Waals surface area contributed by atoms with Gasteiger partial charge in [0.1, 0.15) is 6.07 Å². The van der Waals surface area contributed by atoms with Crippen molar-refractivity contribution < 1.29 is 14.3 Å². The predicted molar refractivity (Wildman–Crippen MR) is 116 cm³/mol. The van der Waals surface area contributed by atoms with Crippen LogP contribution in [0.2, 0.25) is 0 Å². The summed E-state index contributed by atoms with van der Waals surface area (Å²) in [5.74, 6) is 0.937. The van der Waals surface area contributed by atoms with Gasteiger partial charge in [0.2, 0.25) is 0 Å². The van der Waals surface area contributed by atoms with Crippen LogP contribution in [0.15, 0.2) is 48.4 Å². The second-order valence-corrected chi connectivity index (χ2v) is 6.61. The maximum Gasteiger partial charge on any atom is 0.411 e. The molecule has 1 aromatic carbocycles. The number of ether oxygens (including phenoxy) is 2. The molecule has 0 saturated carbocycles. The minimum Gasteiger partial charge on any atom is -0.501 e. The topological polar surface area (TPSA) is 76.3 Å². The number of methoxy groups -OCH3 is 1. The molecule has 0 bridgehead atoms. The van der Waals surface area contributed by atoms with Crippen molar-refractivity contribution in [3.63, 3.8) is 0 Å². The summed E-state index contributed by atoms with van der Waals surface area (Å²) in [4.78, 5) is 11.9. The van der Waals surface area contributed by atoms with E-state index in [0.717, 1.165) is 42.3 Å². The Bertz CT molecular complexity index is 919. The van der Waals surface area contributed by atoms with Crippen LogP contribution in [0, 0.1) is 11.3 Å². The molecular weight excluding hydrogens is 366 g/mol. The number of carbonyl (C=O) groups is 1. The number of amides is 1. The standard InChI is InChI=1S/C23H29N3O3/c1-4-6-14-29-23(27)25-19-11-12-21-18(16-24)17-26(22(21)15-19)13-8-7-10-20(28-3)9-5-2/h7-9,11-12,15,17H,4-6,10,13-14H2,1-3H3,(H,25,27)/b8-7-,20-9+. The Balaban J connectivity index is 2.14. The van der Waals surface area contributed by atoms with E-state index in [1.807, 2.05) is 35.9 Å². The largest absolute Gasteiger partial charge is 0.501 e. The van der Waals surface area contributed by atoms with Crippen molar-refractivity contribution in [3.8, 4) is 6.07 Å². The third kappa shape index (κ3) is 6.42. The molecule has 2 rings (SSSR count). The van der Waals surface area contributed by atoms with Gasteiger partial charge in [-0.25, -0.2) is 4.79 Å². The number of anilines is 1. The van der Waals surface area contributed by atoms with E-state index in [9.17, 15) is 10.1 Å². The molecule has 0 fully saturated rings. The summed E-state index contributed by atoms with van der Waals surface area (Å²) < 4.78 is 12.5. The highest BCUT2D eigenvalue weighted by Crippen LogP contribution is 2.25. The molecule has 0 atom stereocenters. The Hall–Kier alpha value is -3.20. The SMILES string of the molecule is CC/C=C(\C/C=C\Cn1cc(C#N)c2ccc(NC(=O)OCCCC)cc21)OC. The fourth-order valence-corrected chi connectivity index (χ4v) is 2.94. The molecule has 0 spiro atoms. The summed E-state index contributed by atoms with van der Waals surface area (Å²) in [5.41, 5.74) is 2.13. The van der Waals surface area contributed by atoms with Gasteiger partial charge in [0.15, 0.2) is 0 Å². The van der Waals surface area contributed by atoms with Gasteiger partial charge in [-0.05, 0) is 37.1 Å². The highest BCUT2D eigenvalue weighted by Gasteiger charge is 2.10. The van der Waals surface area contributed by atoms with Gasteiger partial charge in [-0.2, -0.15) is 5.26 Å². The highest BCUT2D eigenvalue weighted by molar-refractivity contribution is 5.92. The van der Waals surface area contributed by atoms with Gasteiger partial charge in [0.05, 0.1) is 30.6 Å². The molecule has 154 valence electrons. The molecule has 0 radical (unpaired) electrons. The first-order valence-corrected chi connectivity index (χ1v) is 9.97. The van der Waals surface area contributed by atoms with Crippen molar-refractivity contribution in [2.45, 2.75) is 46.1 Å². The molecule has 1 heterocycles. The lowest BCUT2D eigenvalue weighted by atomic mass is 10.2. The number of benzene rings is 1. The van der Waals surface area contributed by atoms with E-state index in [2.05, 4.69) is 30.5 Å². The maximum absolute atomic E-state index is 11.9. The predicted octanol–water partition coefficient (Wildman–Crippen LogP) is 5.75. The van der Waals surface area contributed by atoms with E-state index in [-0.39, 0.29) is 0 Å². The molecule has 2 aromatic rings. The zero-order chi connectivity index (χ0) is 21.1. The summed E-state index contributed by atoms with van der Waals surface area (Å²) in [6.07, 6.45) is 11.0. The number of nitriles is 1. The quantitative estimate of drug-likeness (QED) is 0.316. The lowest BCUT2D eigenvalue weighted by Crippen LogP contribution is -2.14. The third-order valence-electron chi connectivity index (χ3n) is 4.46. The normalized spacial score (nSPS) is 11.6. The lowest BCUT2D eigenvalue weighted by Gasteiger charge is -2.08. The number of hydrogen-bond acceptors (Lipinski definition) is 4. The van der Waals surface area contributed by atoms with Crippen LogP contribution >= 0.6 is 0 Å². The van der Waals surface area contributed by atoms with E-state index in [1.54, 1.807) is 13.2 Å². The number of allylic oxidation sites excluding steroid dienone is 3. The molecule has 0 saturated heterocycles. The molecule has 1 aromatic heterocycles. The van der Waals surface area contributed by atoms with Crippen LogP contribution in [-0.4, -0.2) is 24.4 Å². The number of carbonyl (C=O) groups excluding carboxylic acids is 1. The summed E-state index contributed by atoms with van der Waals surface area (Å²) in [7, 11) is 1.68. The van der Waals surface area contributed by atoms with E-state index in [1.165, 1.54) is 0 Å². The highest BCUT2D eigenvalue weighted by atomic mass is 16.5. The number of aromatic nitrogens is 1. The molecule has 0 aliphatic carbocycles. The van der Waals surface area contributed by atoms with Gasteiger partial charge in [-0.3, -0.25) is 5.32 Å². The Morgan fingerprint density at radius 1 is 1.31 bits per heavy atom. The fourth-order valence-electron chi connectivity index (χ4n) is 2.94. The van der Waals surface area contributed by atoms with E-state index < -0.39 is 6.09 Å². The molecule has 0 aliphatic heterocycles. The molecular formula is C23H29N3O3. The van der Waals surface area contributed by atoms with Crippen molar-refractivity contribution in [1.29, 1.82) is 5.26 Å². The number of hydrogen-bond donors (Lipinski definition) is 1. The second kappa shape index (κ2) is 11.6. The van der Waals surface area contributed by atoms with Gasteiger partial charge in [0.25, 0.3) is 0 Å². The first kappa shape index (κ1) is 22.1. The summed E-state index contributed by atoms with van der Waals surface area (Å²) in [5, 5.41) is 13.0. The Morgan fingerprint density at radius 3 is 2.83 bits per heavy atom. The number of nitrogens with one attached hydrogen (secondary N) is 1. The van der Waals surface area contributed by atoms with Crippen molar-refractivity contribution in [3.05, 3.63) is 53.9 Å². The Morgan fingerprint density at radius 2 is 2.14 bits per heavy atom. The molecule has 6 nitrogen and oxygen atoms in total. The monoisotopic (exact) mass is 395 g/mol. The van der Waals surface area contributed by atoms with Crippen molar-refractivity contribution >= 4 is 22.7 Å². The number of unbranched alkanes of at least 4 members (excludes halogenated alkanes) is 1. The molecule has 0 unspecified atom stereocenters. The summed E-state index contributed by atoms with van der Waals surface area (Å²) in [6.45, 7) is 5.13. The maximum atomic E-state index is 11.9. The second-order valence-electron chi connectivity index (χ2n) is 6.61. The minimum absolute atomic E-state index is 0.403. The van der Waals surface area contributed by atoms with Crippen LogP contribution in [0.5, 0.6) is 0 Å². The smallest absolute Gasteiger partial charge is 0.411 e. The van der Waals surface area contributed by atoms with Gasteiger partial charge < -0.3 is 14.0 Å². The molecule has 6 heteroatoms. The Labute approximate surface area is 172 Å². The van der Waals surface area contributed by atoms with E-state index >= 15 is 0 Å². The average Bonchev–Trinajstić information content (AvgIpc) is 3.07. The molecule has 1 amide bonds. The third-order valence-corrected chi connectivity index (χ3v) is 4.46. The number of fused-ring (bicyclic) bond motifs is 1. The number of nitrogens with zero attached hydrogens (tertiary/aromatic N) is 2. The molecule has 1 N–H and O–H groups in total. The minimum atomic E-state index is -0.467. The van der Waals surface area contributed by atoms with Crippen molar-refractivity contribution in [2.75, 3.05) is 19.0 Å². The van der Waals surface area contributed by atoms with Crippen LogP contribution in [0.3, 0.4) is 0 Å². The first-order chi connectivity index (χ1) is 14.1. The van der Waals surface area contributed by atoms with Crippen LogP contribution in [-0.2, 0) is 16.0 Å². The van der Waals surface area contributed by atoms with Crippen LogP contribution < -0.4 is 5.32 Å². The van der Waals surface area contributed by atoms with Crippen molar-refractivity contribution in [2.24, 2.45) is 0 Å². The summed E-state index contributed by atoms with van der Waals surface area (Å²) >= 11 is 0. The van der Waals surface area contributed by atoms with Crippen LogP contribution in [0.25, 0.3) is 10.9 Å². The fraction of sp³-hybridized carbons (Fsp3) is 0.391. The van der Waals surface area contributed by atoms with E-state index in [0.29, 0.717) is 24.4 Å². The van der Waals surface area contributed by atoms with Crippen LogP contribution in [0.1, 0.15) is 45.1 Å². The zero-order valence-corrected chi connectivity index (χ0v) is 17.4.